The van der Waals surface area contributed by atoms with E-state index in [1.54, 1.807) is 24.4 Å². The second-order valence-electron chi connectivity index (χ2n) is 5.28. The van der Waals surface area contributed by atoms with Gasteiger partial charge in [-0.3, -0.25) is 9.59 Å². The van der Waals surface area contributed by atoms with Crippen LogP contribution < -0.4 is 14.8 Å². The highest BCUT2D eigenvalue weighted by Crippen LogP contribution is 2.31. The van der Waals surface area contributed by atoms with Gasteiger partial charge < -0.3 is 14.8 Å². The zero-order valence-electron chi connectivity index (χ0n) is 12.5. The Labute approximate surface area is 137 Å². The van der Waals surface area contributed by atoms with Gasteiger partial charge >= 0.3 is 0 Å². The minimum absolute atomic E-state index is 0.00913. The summed E-state index contributed by atoms with van der Waals surface area (Å²) in [4.78, 5) is 26.9. The second-order valence-corrected chi connectivity index (χ2v) is 5.62. The van der Waals surface area contributed by atoms with Gasteiger partial charge in [-0.1, -0.05) is 0 Å². The van der Waals surface area contributed by atoms with E-state index in [0.717, 1.165) is 17.2 Å². The molecule has 0 aliphatic carbocycles. The molecule has 6 nitrogen and oxygen atoms in total. The molecule has 7 heteroatoms. The fraction of sp³-hybridized carbons (Fsp3) is 0.312. The van der Waals surface area contributed by atoms with Crippen molar-refractivity contribution in [1.29, 1.82) is 0 Å². The van der Waals surface area contributed by atoms with Crippen molar-refractivity contribution in [2.24, 2.45) is 0 Å². The Morgan fingerprint density at radius 3 is 2.96 bits per heavy atom. The number of nitrogens with zero attached hydrogens (tertiary/aromatic N) is 1. The number of carbonyl (C=O) groups is 2. The molecule has 1 atom stereocenters. The van der Waals surface area contributed by atoms with E-state index < -0.39 is 5.24 Å². The maximum atomic E-state index is 11.5. The Balaban J connectivity index is 1.91. The number of hydrogen-bond acceptors (Lipinski definition) is 5. The third-order valence-corrected chi connectivity index (χ3v) is 3.97. The lowest BCUT2D eigenvalue weighted by molar-refractivity contribution is -0.119. The molecular weight excluding hydrogens is 320 g/mol. The maximum absolute atomic E-state index is 11.5. The molecule has 2 aromatic rings. The molecule has 1 saturated heterocycles. The number of ether oxygens (including phenoxy) is 2. The first-order valence-corrected chi connectivity index (χ1v) is 7.55. The minimum atomic E-state index is -0.586. The van der Waals surface area contributed by atoms with E-state index in [2.05, 4.69) is 10.3 Å². The van der Waals surface area contributed by atoms with Crippen LogP contribution in [0.4, 0.5) is 0 Å². The number of fused-ring (bicyclic) bond motifs is 1. The highest BCUT2D eigenvalue weighted by molar-refractivity contribution is 6.68. The van der Waals surface area contributed by atoms with Gasteiger partial charge in [-0.25, -0.2) is 4.98 Å². The molecule has 0 saturated carbocycles. The van der Waals surface area contributed by atoms with Gasteiger partial charge in [-0.15, -0.1) is 0 Å². The van der Waals surface area contributed by atoms with E-state index in [-0.39, 0.29) is 11.9 Å². The summed E-state index contributed by atoms with van der Waals surface area (Å²) in [5.41, 5.74) is 0.293. The first kappa shape index (κ1) is 15.6. The molecule has 2 heterocycles. The third-order valence-electron chi connectivity index (χ3n) is 3.77. The lowest BCUT2D eigenvalue weighted by atomic mass is 10.1. The third kappa shape index (κ3) is 3.22. The highest BCUT2D eigenvalue weighted by atomic mass is 35.5. The van der Waals surface area contributed by atoms with Crippen molar-refractivity contribution in [3.05, 3.63) is 30.0 Å². The summed E-state index contributed by atoms with van der Waals surface area (Å²) >= 11 is 5.58. The van der Waals surface area contributed by atoms with Crippen LogP contribution in [-0.2, 0) is 4.79 Å². The quantitative estimate of drug-likeness (QED) is 0.849. The summed E-state index contributed by atoms with van der Waals surface area (Å²) in [5, 5.41) is 3.75. The molecule has 1 aliphatic rings. The Hall–Kier alpha value is -2.34. The second kappa shape index (κ2) is 6.42. The molecule has 1 amide bonds. The van der Waals surface area contributed by atoms with E-state index in [0.29, 0.717) is 30.2 Å². The molecule has 3 rings (SSSR count). The van der Waals surface area contributed by atoms with Crippen LogP contribution in [-0.4, -0.2) is 35.9 Å². The molecule has 0 spiro atoms. The number of halogens is 1. The van der Waals surface area contributed by atoms with Gasteiger partial charge in [-0.05, 0) is 41.6 Å². The average molecular weight is 335 g/mol. The Kier molecular flexibility index (Phi) is 4.34. The van der Waals surface area contributed by atoms with Crippen molar-refractivity contribution in [2.75, 3.05) is 13.7 Å². The van der Waals surface area contributed by atoms with Crippen molar-refractivity contribution in [2.45, 2.75) is 18.9 Å². The van der Waals surface area contributed by atoms with Crippen molar-refractivity contribution in [1.82, 2.24) is 10.3 Å². The lowest BCUT2D eigenvalue weighted by Crippen LogP contribution is -2.31. The van der Waals surface area contributed by atoms with E-state index in [1.165, 1.54) is 7.11 Å². The molecule has 1 fully saturated rings. The smallest absolute Gasteiger partial charge is 0.256 e. The monoisotopic (exact) mass is 334 g/mol. The number of nitrogens with one attached hydrogen (secondary N) is 1. The average Bonchev–Trinajstić information content (AvgIpc) is 2.96. The molecule has 1 aliphatic heterocycles. The number of hydrogen-bond donors (Lipinski definition) is 1. The number of pyridine rings is 1. The van der Waals surface area contributed by atoms with Crippen LogP contribution in [0, 0.1) is 0 Å². The fourth-order valence-electron chi connectivity index (χ4n) is 2.59. The van der Waals surface area contributed by atoms with Crippen LogP contribution in [0.3, 0.4) is 0 Å². The Morgan fingerprint density at radius 2 is 2.30 bits per heavy atom. The van der Waals surface area contributed by atoms with Gasteiger partial charge in [0.25, 0.3) is 5.24 Å². The van der Waals surface area contributed by atoms with Crippen molar-refractivity contribution in [3.63, 3.8) is 0 Å². The first-order chi connectivity index (χ1) is 11.1. The summed E-state index contributed by atoms with van der Waals surface area (Å²) in [6.07, 6.45) is 2.86. The van der Waals surface area contributed by atoms with Crippen LogP contribution in [0.15, 0.2) is 24.4 Å². The molecule has 0 unspecified atom stereocenters. The molecule has 1 aromatic carbocycles. The summed E-state index contributed by atoms with van der Waals surface area (Å²) < 4.78 is 11.0. The first-order valence-electron chi connectivity index (χ1n) is 7.17. The predicted molar refractivity (Wildman–Crippen MR) is 85.1 cm³/mol. The normalized spacial score (nSPS) is 17.1. The summed E-state index contributed by atoms with van der Waals surface area (Å²) in [6.45, 7) is 0.344. The number of carbonyl (C=O) groups excluding carboxylic acids is 2. The van der Waals surface area contributed by atoms with Crippen molar-refractivity contribution < 1.29 is 19.1 Å². The molecule has 120 valence electrons. The summed E-state index contributed by atoms with van der Waals surface area (Å²) in [5.74, 6) is 0.830. The van der Waals surface area contributed by atoms with Gasteiger partial charge in [0.05, 0.1) is 18.7 Å². The minimum Gasteiger partial charge on any atom is -0.496 e. The van der Waals surface area contributed by atoms with Gasteiger partial charge in [0.15, 0.2) is 0 Å². The van der Waals surface area contributed by atoms with Crippen molar-refractivity contribution in [3.8, 4) is 11.6 Å². The van der Waals surface area contributed by atoms with E-state index in [4.69, 9.17) is 21.1 Å². The van der Waals surface area contributed by atoms with Crippen LogP contribution in [0.1, 0.15) is 23.2 Å². The van der Waals surface area contributed by atoms with Crippen LogP contribution >= 0.6 is 11.6 Å². The van der Waals surface area contributed by atoms with E-state index in [9.17, 15) is 9.59 Å². The van der Waals surface area contributed by atoms with Gasteiger partial charge in [0.2, 0.25) is 11.8 Å². The van der Waals surface area contributed by atoms with Gasteiger partial charge in [0, 0.05) is 18.0 Å². The SMILES string of the molecule is COc1cc2c(OC[C@@H]3CCC(=O)N3)nccc2cc1C(=O)Cl. The number of benzene rings is 1. The summed E-state index contributed by atoms with van der Waals surface area (Å²) in [7, 11) is 1.47. The fourth-order valence-corrected chi connectivity index (χ4v) is 2.74. The molecule has 1 aromatic heterocycles. The van der Waals surface area contributed by atoms with Crippen LogP contribution in [0.2, 0.25) is 0 Å². The standard InChI is InChI=1S/C16H15ClN2O4/c1-22-13-7-11-9(6-12(13)15(17)21)4-5-18-16(11)23-8-10-2-3-14(20)19-10/h4-7,10H,2-3,8H2,1H3,(H,19,20)/t10-/m0/s1. The van der Waals surface area contributed by atoms with E-state index in [1.807, 2.05) is 0 Å². The highest BCUT2D eigenvalue weighted by Gasteiger charge is 2.22. The van der Waals surface area contributed by atoms with Crippen LogP contribution in [0.5, 0.6) is 11.6 Å². The summed E-state index contributed by atoms with van der Waals surface area (Å²) in [6, 6.07) is 5.09. The Bertz CT molecular complexity index is 778. The molecule has 1 N–H and O–H groups in total. The Morgan fingerprint density at radius 1 is 1.48 bits per heavy atom. The topological polar surface area (TPSA) is 77.5 Å². The predicted octanol–water partition coefficient (Wildman–Crippen LogP) is 2.28. The number of rotatable bonds is 5. The molecule has 23 heavy (non-hydrogen) atoms. The molecule has 0 radical (unpaired) electrons. The number of methoxy groups -OCH3 is 1. The lowest BCUT2D eigenvalue weighted by Gasteiger charge is -2.14. The largest absolute Gasteiger partial charge is 0.496 e. The van der Waals surface area contributed by atoms with Gasteiger partial charge in [0.1, 0.15) is 12.4 Å². The zero-order chi connectivity index (χ0) is 16.4. The van der Waals surface area contributed by atoms with Crippen LogP contribution in [0.25, 0.3) is 10.8 Å². The van der Waals surface area contributed by atoms with Gasteiger partial charge in [-0.2, -0.15) is 0 Å². The van der Waals surface area contributed by atoms with Crippen molar-refractivity contribution >= 4 is 33.5 Å². The number of amides is 1. The van der Waals surface area contributed by atoms with E-state index >= 15 is 0 Å². The molecular formula is C16H15ClN2O4. The zero-order valence-corrected chi connectivity index (χ0v) is 13.2. The molecule has 0 bridgehead atoms. The maximum Gasteiger partial charge on any atom is 0.256 e. The number of aromatic nitrogens is 1.